The molecule has 0 spiro atoms. The summed E-state index contributed by atoms with van der Waals surface area (Å²) < 4.78 is 19.3. The first-order valence-electron chi connectivity index (χ1n) is 12.4. The second-order valence-corrected chi connectivity index (χ2v) is 22.5. The van der Waals surface area contributed by atoms with Crippen molar-refractivity contribution >= 4 is 16.6 Å². The van der Waals surface area contributed by atoms with Gasteiger partial charge in [-0.2, -0.15) is 0 Å². The molecule has 0 saturated carbocycles. The minimum absolute atomic E-state index is 0.0446. The maximum Gasteiger partial charge on any atom is 0.192 e. The molecule has 0 aromatic heterocycles. The van der Waals surface area contributed by atoms with Gasteiger partial charge in [0.05, 0.1) is 24.9 Å². The molecule has 1 saturated heterocycles. The van der Waals surface area contributed by atoms with Crippen LogP contribution in [0.3, 0.4) is 0 Å². The quantitative estimate of drug-likeness (QED) is 0.263. The molecule has 0 aromatic carbocycles. The minimum atomic E-state index is -1.99. The van der Waals surface area contributed by atoms with Gasteiger partial charge in [-0.3, -0.25) is 0 Å². The minimum Gasteiger partial charge on any atom is -0.414 e. The van der Waals surface area contributed by atoms with E-state index >= 15 is 0 Å². The van der Waals surface area contributed by atoms with Crippen molar-refractivity contribution in [2.75, 3.05) is 6.61 Å². The third-order valence-corrected chi connectivity index (χ3v) is 16.7. The van der Waals surface area contributed by atoms with Gasteiger partial charge in [0.2, 0.25) is 0 Å². The van der Waals surface area contributed by atoms with Gasteiger partial charge in [0.15, 0.2) is 22.4 Å². The van der Waals surface area contributed by atoms with Crippen LogP contribution in [0.4, 0.5) is 0 Å². The van der Waals surface area contributed by atoms with Crippen LogP contribution in [0, 0.1) is 0 Å². The Labute approximate surface area is 205 Å². The summed E-state index contributed by atoms with van der Waals surface area (Å²) in [5.41, 5.74) is 1.12. The zero-order chi connectivity index (χ0) is 25.9. The largest absolute Gasteiger partial charge is 0.414 e. The fourth-order valence-electron chi connectivity index (χ4n) is 3.55. The molecule has 0 amide bonds. The zero-order valence-corrected chi connectivity index (χ0v) is 25.2. The highest BCUT2D eigenvalue weighted by Crippen LogP contribution is 2.40. The predicted octanol–water partition coefficient (Wildman–Crippen LogP) is 6.54. The Morgan fingerprint density at radius 1 is 1.12 bits per heavy atom. The molecular weight excluding hydrogens is 448 g/mol. The van der Waals surface area contributed by atoms with E-state index in [-0.39, 0.29) is 28.7 Å². The Bertz CT molecular complexity index is 675. The Morgan fingerprint density at radius 3 is 2.15 bits per heavy atom. The van der Waals surface area contributed by atoms with Crippen LogP contribution in [0.25, 0.3) is 0 Å². The molecule has 1 fully saturated rings. The summed E-state index contributed by atoms with van der Waals surface area (Å²) in [5, 5.41) is 21.2. The highest BCUT2D eigenvalue weighted by molar-refractivity contribution is 6.74. The molecule has 1 aliphatic rings. The molecule has 1 unspecified atom stereocenters. The topological polar surface area (TPSA) is 68.2 Å². The summed E-state index contributed by atoms with van der Waals surface area (Å²) in [6.45, 7) is 29.0. The molecule has 0 aromatic rings. The van der Waals surface area contributed by atoms with Crippen LogP contribution >= 0.6 is 0 Å². The van der Waals surface area contributed by atoms with Crippen molar-refractivity contribution in [3.63, 3.8) is 0 Å². The lowest BCUT2D eigenvalue weighted by atomic mass is 9.94. The number of rotatable bonds is 10. The van der Waals surface area contributed by atoms with Gasteiger partial charge in [-0.05, 0) is 49.6 Å². The first kappa shape index (κ1) is 30.7. The third kappa shape index (κ3) is 9.35. The van der Waals surface area contributed by atoms with Gasteiger partial charge in [-0.25, -0.2) is 0 Å². The van der Waals surface area contributed by atoms with Crippen molar-refractivity contribution in [3.05, 3.63) is 24.3 Å². The Kier molecular flexibility index (Phi) is 10.4. The predicted molar refractivity (Wildman–Crippen MR) is 143 cm³/mol. The van der Waals surface area contributed by atoms with Gasteiger partial charge in [0.25, 0.3) is 0 Å². The zero-order valence-electron chi connectivity index (χ0n) is 23.2. The van der Waals surface area contributed by atoms with Crippen LogP contribution in [0.2, 0.25) is 36.3 Å². The SMILES string of the molecule is C=CCC1(O)C[C@H](O)C[C@@H](/C=C(\C)C[C@@H](CO[Si](C)(C)C(C)(C)C)O[Si](C)(C)C(C)(C)C)O1. The second-order valence-electron chi connectivity index (χ2n) is 13.0. The Balaban J connectivity index is 3.04. The summed E-state index contributed by atoms with van der Waals surface area (Å²) in [7, 11) is -3.89. The number of aliphatic hydroxyl groups excluding tert-OH is 1. The molecule has 7 heteroatoms. The van der Waals surface area contributed by atoms with E-state index in [2.05, 4.69) is 81.2 Å². The van der Waals surface area contributed by atoms with Gasteiger partial charge < -0.3 is 23.8 Å². The van der Waals surface area contributed by atoms with Gasteiger partial charge in [-0.15, -0.1) is 6.58 Å². The summed E-state index contributed by atoms with van der Waals surface area (Å²) in [6.07, 6.45) is 4.40. The molecule has 4 atom stereocenters. The molecular formula is C26H52O5Si2. The van der Waals surface area contributed by atoms with E-state index in [1.165, 1.54) is 0 Å². The van der Waals surface area contributed by atoms with Gasteiger partial charge in [0, 0.05) is 19.3 Å². The van der Waals surface area contributed by atoms with Crippen LogP contribution in [-0.4, -0.2) is 57.6 Å². The second kappa shape index (κ2) is 11.2. The van der Waals surface area contributed by atoms with E-state index in [1.807, 2.05) is 6.08 Å². The average Bonchev–Trinajstić information content (AvgIpc) is 2.56. The molecule has 0 aliphatic carbocycles. The van der Waals surface area contributed by atoms with Crippen LogP contribution in [0.5, 0.6) is 0 Å². The van der Waals surface area contributed by atoms with Crippen molar-refractivity contribution in [3.8, 4) is 0 Å². The smallest absolute Gasteiger partial charge is 0.192 e. The van der Waals surface area contributed by atoms with Crippen molar-refractivity contribution in [1.82, 2.24) is 0 Å². The fourth-order valence-corrected chi connectivity index (χ4v) is 5.92. The molecule has 0 bridgehead atoms. The van der Waals surface area contributed by atoms with Crippen molar-refractivity contribution in [2.24, 2.45) is 0 Å². The summed E-state index contributed by atoms with van der Waals surface area (Å²) in [5.74, 6) is -1.36. The Hall–Kier alpha value is -0.286. The van der Waals surface area contributed by atoms with E-state index in [0.29, 0.717) is 19.4 Å². The van der Waals surface area contributed by atoms with E-state index in [4.69, 9.17) is 13.6 Å². The van der Waals surface area contributed by atoms with Crippen LogP contribution < -0.4 is 0 Å². The molecule has 1 aliphatic heterocycles. The monoisotopic (exact) mass is 500 g/mol. The highest BCUT2D eigenvalue weighted by atomic mass is 28.4. The molecule has 0 radical (unpaired) electrons. The third-order valence-electron chi connectivity index (χ3n) is 7.62. The van der Waals surface area contributed by atoms with Crippen molar-refractivity contribution in [1.29, 1.82) is 0 Å². The summed E-state index contributed by atoms with van der Waals surface area (Å²) >= 11 is 0. The molecule has 1 rings (SSSR count). The lowest BCUT2D eigenvalue weighted by Gasteiger charge is -2.42. The lowest BCUT2D eigenvalue weighted by molar-refractivity contribution is -0.259. The van der Waals surface area contributed by atoms with Crippen molar-refractivity contribution < 1.29 is 23.8 Å². The molecule has 5 nitrogen and oxygen atoms in total. The van der Waals surface area contributed by atoms with E-state index in [1.54, 1.807) is 6.08 Å². The van der Waals surface area contributed by atoms with E-state index < -0.39 is 28.5 Å². The van der Waals surface area contributed by atoms with Crippen LogP contribution in [0.15, 0.2) is 24.3 Å². The fraction of sp³-hybridized carbons (Fsp3) is 0.846. The van der Waals surface area contributed by atoms with Gasteiger partial charge in [-0.1, -0.05) is 59.3 Å². The number of hydrogen-bond acceptors (Lipinski definition) is 5. The van der Waals surface area contributed by atoms with Crippen LogP contribution in [0.1, 0.15) is 74.1 Å². The number of ether oxygens (including phenoxy) is 1. The molecule has 194 valence electrons. The summed E-state index contributed by atoms with van der Waals surface area (Å²) in [4.78, 5) is 0. The molecule has 2 N–H and O–H groups in total. The first-order chi connectivity index (χ1) is 14.7. The maximum absolute atomic E-state index is 10.7. The number of hydrogen-bond donors (Lipinski definition) is 2. The Morgan fingerprint density at radius 2 is 1.67 bits per heavy atom. The standard InChI is InChI=1S/C26H52O5Si2/c1-13-14-26(28)18-21(27)17-22(30-26)15-20(2)16-23(31-33(11,12)25(6,7)8)19-29-32(9,10)24(3,4)5/h13,15,21-23,27-28H,1,14,16-19H2,2-12H3/b20-15+/t21-,22-,23+,26?/m1/s1. The molecule has 33 heavy (non-hydrogen) atoms. The first-order valence-corrected chi connectivity index (χ1v) is 18.2. The maximum atomic E-state index is 10.7. The normalized spacial score (nSPS) is 26.9. The summed E-state index contributed by atoms with van der Waals surface area (Å²) in [6, 6.07) is 0. The highest BCUT2D eigenvalue weighted by Gasteiger charge is 2.42. The van der Waals surface area contributed by atoms with E-state index in [0.717, 1.165) is 12.0 Å². The molecule has 1 heterocycles. The van der Waals surface area contributed by atoms with Gasteiger partial charge in [0.1, 0.15) is 0 Å². The van der Waals surface area contributed by atoms with E-state index in [9.17, 15) is 10.2 Å². The lowest BCUT2D eigenvalue weighted by Crippen LogP contribution is -2.48. The van der Waals surface area contributed by atoms with Crippen molar-refractivity contribution in [2.45, 2.75) is 135 Å². The van der Waals surface area contributed by atoms with Crippen LogP contribution in [-0.2, 0) is 13.6 Å². The average molecular weight is 501 g/mol. The van der Waals surface area contributed by atoms with Gasteiger partial charge >= 0.3 is 0 Å². The number of aliphatic hydroxyl groups is 2.